The van der Waals surface area contributed by atoms with Gasteiger partial charge < -0.3 is 20.0 Å². The lowest BCUT2D eigenvalue weighted by molar-refractivity contribution is -0.117. The Morgan fingerprint density at radius 3 is 2.83 bits per heavy atom. The number of pyridine rings is 1. The minimum Gasteiger partial charge on any atom is -0.444 e. The fourth-order valence-electron chi connectivity index (χ4n) is 3.94. The van der Waals surface area contributed by atoms with Gasteiger partial charge in [-0.2, -0.15) is 18.3 Å². The molecule has 1 saturated heterocycles. The molecule has 0 radical (unpaired) electrons. The fourth-order valence-corrected chi connectivity index (χ4v) is 3.94. The molecule has 192 valence electrons. The number of amides is 2. The van der Waals surface area contributed by atoms with Gasteiger partial charge in [-0.3, -0.25) is 19.2 Å². The van der Waals surface area contributed by atoms with Crippen LogP contribution in [0.4, 0.5) is 30.5 Å². The van der Waals surface area contributed by atoms with Crippen molar-refractivity contribution in [3.05, 3.63) is 36.5 Å². The van der Waals surface area contributed by atoms with Gasteiger partial charge in [0, 0.05) is 38.3 Å². The molecule has 0 aliphatic carbocycles. The number of halogens is 3. The van der Waals surface area contributed by atoms with Gasteiger partial charge in [-0.25, -0.2) is 9.97 Å². The minimum atomic E-state index is -4.40. The number of aryl methyl sites for hydroxylation is 1. The lowest BCUT2D eigenvalue weighted by Crippen LogP contribution is -2.28. The summed E-state index contributed by atoms with van der Waals surface area (Å²) in [4.78, 5) is 37.1. The van der Waals surface area contributed by atoms with Crippen LogP contribution in [0.2, 0.25) is 0 Å². The van der Waals surface area contributed by atoms with E-state index in [2.05, 4.69) is 25.7 Å². The molecular formula is C22H25F3N8O3. The monoisotopic (exact) mass is 506 g/mol. The van der Waals surface area contributed by atoms with Crippen LogP contribution in [0.3, 0.4) is 0 Å². The van der Waals surface area contributed by atoms with Crippen molar-refractivity contribution in [1.82, 2.24) is 24.6 Å². The van der Waals surface area contributed by atoms with E-state index in [1.165, 1.54) is 23.0 Å². The van der Waals surface area contributed by atoms with Crippen LogP contribution in [-0.4, -0.2) is 76.4 Å². The highest BCUT2D eigenvalue weighted by Crippen LogP contribution is 2.31. The molecule has 4 rings (SSSR count). The summed E-state index contributed by atoms with van der Waals surface area (Å²) in [6.45, 7) is -0.00969. The number of hydrogen-bond acceptors (Lipinski definition) is 8. The standard InChI is InChI=1S/C22H25F3N8O3/c1-31(2)8-13-6-18(34)33(9-13)19-15(10-32(3)30-19)28-20(35)16-11-36-21(29-16)14-4-5-26-17(7-14)27-12-22(23,24)25/h4-5,7,10-11,13H,6,8-9,12H2,1-3H3,(H,26,27)(H,28,35). The Kier molecular flexibility index (Phi) is 6.97. The van der Waals surface area contributed by atoms with Crippen LogP contribution in [0.25, 0.3) is 11.5 Å². The van der Waals surface area contributed by atoms with Gasteiger partial charge in [0.05, 0.1) is 6.20 Å². The van der Waals surface area contributed by atoms with Gasteiger partial charge in [0.1, 0.15) is 24.3 Å². The highest BCUT2D eigenvalue weighted by Gasteiger charge is 2.34. The van der Waals surface area contributed by atoms with Gasteiger partial charge in [-0.1, -0.05) is 0 Å². The third kappa shape index (κ3) is 6.00. The first-order valence-electron chi connectivity index (χ1n) is 11.0. The van der Waals surface area contributed by atoms with Crippen molar-refractivity contribution in [2.45, 2.75) is 12.6 Å². The molecule has 1 aliphatic rings. The second-order valence-electron chi connectivity index (χ2n) is 8.77. The summed E-state index contributed by atoms with van der Waals surface area (Å²) in [5.74, 6) is -0.169. The first-order chi connectivity index (χ1) is 17.0. The van der Waals surface area contributed by atoms with E-state index in [1.54, 1.807) is 18.1 Å². The predicted octanol–water partition coefficient (Wildman–Crippen LogP) is 2.61. The molecule has 3 aromatic heterocycles. The number of carbonyl (C=O) groups is 2. The molecule has 1 fully saturated rings. The summed E-state index contributed by atoms with van der Waals surface area (Å²) in [5.41, 5.74) is 0.624. The van der Waals surface area contributed by atoms with Crippen LogP contribution in [0, 0.1) is 5.92 Å². The Morgan fingerprint density at radius 1 is 1.33 bits per heavy atom. The Hall–Kier alpha value is -3.94. The smallest absolute Gasteiger partial charge is 0.405 e. The summed E-state index contributed by atoms with van der Waals surface area (Å²) < 4.78 is 44.3. The lowest BCUT2D eigenvalue weighted by atomic mass is 10.1. The van der Waals surface area contributed by atoms with Crippen LogP contribution in [-0.2, 0) is 11.8 Å². The highest BCUT2D eigenvalue weighted by atomic mass is 19.4. The van der Waals surface area contributed by atoms with Crippen molar-refractivity contribution >= 4 is 29.1 Å². The number of carbonyl (C=O) groups excluding carboxylic acids is 2. The molecule has 0 saturated carbocycles. The van der Waals surface area contributed by atoms with Crippen LogP contribution in [0.15, 0.2) is 35.2 Å². The van der Waals surface area contributed by atoms with Gasteiger partial charge >= 0.3 is 6.18 Å². The number of aromatic nitrogens is 4. The van der Waals surface area contributed by atoms with E-state index in [0.29, 0.717) is 30.0 Å². The Morgan fingerprint density at radius 2 is 2.11 bits per heavy atom. The van der Waals surface area contributed by atoms with Crippen molar-refractivity contribution < 1.29 is 27.2 Å². The SMILES string of the molecule is CN(C)CC1CC(=O)N(c2nn(C)cc2NC(=O)c2coc(-c3ccnc(NCC(F)(F)F)c3)n2)C1. The van der Waals surface area contributed by atoms with Gasteiger partial charge in [-0.15, -0.1) is 0 Å². The highest BCUT2D eigenvalue weighted by molar-refractivity contribution is 6.06. The van der Waals surface area contributed by atoms with E-state index >= 15 is 0 Å². The number of anilines is 3. The first kappa shape index (κ1) is 25.2. The zero-order valence-electron chi connectivity index (χ0n) is 19.8. The van der Waals surface area contributed by atoms with Crippen LogP contribution < -0.4 is 15.5 Å². The van der Waals surface area contributed by atoms with E-state index in [1.807, 2.05) is 19.0 Å². The molecule has 1 unspecified atom stereocenters. The zero-order chi connectivity index (χ0) is 26.0. The molecule has 14 heteroatoms. The number of rotatable bonds is 8. The molecular weight excluding hydrogens is 481 g/mol. The second-order valence-corrected chi connectivity index (χ2v) is 8.77. The van der Waals surface area contributed by atoms with Gasteiger partial charge in [0.2, 0.25) is 11.8 Å². The third-order valence-corrected chi connectivity index (χ3v) is 5.36. The summed E-state index contributed by atoms with van der Waals surface area (Å²) in [6, 6.07) is 2.83. The molecule has 0 aromatic carbocycles. The van der Waals surface area contributed by atoms with Gasteiger partial charge in [0.25, 0.3) is 5.91 Å². The first-order valence-corrected chi connectivity index (χ1v) is 11.0. The van der Waals surface area contributed by atoms with Crippen molar-refractivity contribution in [3.63, 3.8) is 0 Å². The molecule has 1 aliphatic heterocycles. The number of hydrogen-bond donors (Lipinski definition) is 2. The molecule has 4 heterocycles. The Bertz CT molecular complexity index is 1250. The van der Waals surface area contributed by atoms with E-state index in [9.17, 15) is 22.8 Å². The predicted molar refractivity (Wildman–Crippen MR) is 124 cm³/mol. The van der Waals surface area contributed by atoms with Crippen LogP contribution in [0.1, 0.15) is 16.9 Å². The normalized spacial score (nSPS) is 16.1. The largest absolute Gasteiger partial charge is 0.444 e. The number of alkyl halides is 3. The lowest BCUT2D eigenvalue weighted by Gasteiger charge is -2.17. The van der Waals surface area contributed by atoms with E-state index in [4.69, 9.17) is 4.42 Å². The zero-order valence-corrected chi connectivity index (χ0v) is 19.8. The quantitative estimate of drug-likeness (QED) is 0.478. The summed E-state index contributed by atoms with van der Waals surface area (Å²) in [6.07, 6.45) is 0.0152. The maximum absolute atomic E-state index is 12.9. The molecule has 0 bridgehead atoms. The second kappa shape index (κ2) is 9.97. The number of nitrogens with zero attached hydrogens (tertiary/aromatic N) is 6. The maximum atomic E-state index is 12.9. The van der Waals surface area contributed by atoms with Gasteiger partial charge in [0.15, 0.2) is 11.5 Å². The Balaban J connectivity index is 1.47. The fraction of sp³-hybridized carbons (Fsp3) is 0.409. The van der Waals surface area contributed by atoms with E-state index < -0.39 is 18.6 Å². The number of nitrogens with one attached hydrogen (secondary N) is 2. The third-order valence-electron chi connectivity index (χ3n) is 5.36. The summed E-state index contributed by atoms with van der Waals surface area (Å²) in [7, 11) is 5.56. The van der Waals surface area contributed by atoms with E-state index in [-0.39, 0.29) is 29.2 Å². The summed E-state index contributed by atoms with van der Waals surface area (Å²) in [5, 5.41) is 9.25. The maximum Gasteiger partial charge on any atom is 0.405 e. The molecule has 11 nitrogen and oxygen atoms in total. The average molecular weight is 506 g/mol. The topological polar surface area (TPSA) is 121 Å². The van der Waals surface area contributed by atoms with Crippen LogP contribution >= 0.6 is 0 Å². The molecule has 3 aromatic rings. The van der Waals surface area contributed by atoms with Gasteiger partial charge in [-0.05, 0) is 32.1 Å². The molecule has 0 spiro atoms. The molecule has 1 atom stereocenters. The van der Waals surface area contributed by atoms with Crippen molar-refractivity contribution in [1.29, 1.82) is 0 Å². The summed E-state index contributed by atoms with van der Waals surface area (Å²) >= 11 is 0. The Labute approximate surface area is 204 Å². The minimum absolute atomic E-state index is 0.0168. The van der Waals surface area contributed by atoms with Crippen molar-refractivity contribution in [2.75, 3.05) is 49.3 Å². The number of oxazole rings is 1. The molecule has 36 heavy (non-hydrogen) atoms. The average Bonchev–Trinajstić information content (AvgIpc) is 3.50. The van der Waals surface area contributed by atoms with Crippen molar-refractivity contribution in [2.24, 2.45) is 13.0 Å². The van der Waals surface area contributed by atoms with Crippen LogP contribution in [0.5, 0.6) is 0 Å². The van der Waals surface area contributed by atoms with E-state index in [0.717, 1.165) is 12.8 Å². The molecule has 2 N–H and O–H groups in total. The molecule has 2 amide bonds. The van der Waals surface area contributed by atoms with Crippen molar-refractivity contribution in [3.8, 4) is 11.5 Å².